The number of carbonyl (C=O) groups excluding carboxylic acids is 1. The standard InChI is InChI=1S/C17H24N2O2/c1-4-12-19-17(20)13-21-16-10-8-15(9-11-16)7-6-14(3)18-5-2/h1,8-11,14,18H,5-7,12-13H2,2-3H3,(H,19,20). The van der Waals surface area contributed by atoms with Gasteiger partial charge in [0.25, 0.3) is 5.91 Å². The number of carbonyl (C=O) groups is 1. The van der Waals surface area contributed by atoms with Crippen molar-refractivity contribution in [3.63, 3.8) is 0 Å². The summed E-state index contributed by atoms with van der Waals surface area (Å²) in [6.07, 6.45) is 7.18. The Kier molecular flexibility index (Phi) is 8.00. The zero-order valence-electron chi connectivity index (χ0n) is 12.8. The summed E-state index contributed by atoms with van der Waals surface area (Å²) in [5.74, 6) is 2.82. The Morgan fingerprint density at radius 2 is 2.10 bits per heavy atom. The fourth-order valence-corrected chi connectivity index (χ4v) is 1.94. The fraction of sp³-hybridized carbons (Fsp3) is 0.471. The van der Waals surface area contributed by atoms with E-state index in [2.05, 4.69) is 30.4 Å². The molecule has 0 aliphatic rings. The van der Waals surface area contributed by atoms with Crippen LogP contribution in [0.4, 0.5) is 0 Å². The van der Waals surface area contributed by atoms with Crippen molar-refractivity contribution >= 4 is 5.91 Å². The van der Waals surface area contributed by atoms with Gasteiger partial charge in [-0.05, 0) is 44.0 Å². The van der Waals surface area contributed by atoms with Gasteiger partial charge in [-0.15, -0.1) is 6.42 Å². The molecular weight excluding hydrogens is 264 g/mol. The molecule has 1 amide bonds. The molecule has 0 bridgehead atoms. The predicted molar refractivity (Wildman–Crippen MR) is 85.2 cm³/mol. The van der Waals surface area contributed by atoms with Crippen molar-refractivity contribution in [2.24, 2.45) is 0 Å². The van der Waals surface area contributed by atoms with Gasteiger partial charge in [0.05, 0.1) is 6.54 Å². The van der Waals surface area contributed by atoms with Crippen molar-refractivity contribution in [1.82, 2.24) is 10.6 Å². The molecule has 1 aromatic carbocycles. The molecule has 0 aliphatic heterocycles. The Morgan fingerprint density at radius 3 is 2.71 bits per heavy atom. The number of nitrogens with one attached hydrogen (secondary N) is 2. The maximum atomic E-state index is 11.3. The van der Waals surface area contributed by atoms with Gasteiger partial charge in [-0.25, -0.2) is 0 Å². The minimum atomic E-state index is -0.212. The largest absolute Gasteiger partial charge is 0.484 e. The molecule has 4 nitrogen and oxygen atoms in total. The fourth-order valence-electron chi connectivity index (χ4n) is 1.94. The van der Waals surface area contributed by atoms with Crippen LogP contribution >= 0.6 is 0 Å². The molecule has 4 heteroatoms. The molecule has 0 saturated carbocycles. The normalized spacial score (nSPS) is 11.5. The molecule has 1 rings (SSSR count). The highest BCUT2D eigenvalue weighted by Crippen LogP contribution is 2.13. The average molecular weight is 288 g/mol. The Bertz CT molecular complexity index is 463. The van der Waals surface area contributed by atoms with E-state index < -0.39 is 0 Å². The van der Waals surface area contributed by atoms with Gasteiger partial charge in [0.15, 0.2) is 6.61 Å². The van der Waals surface area contributed by atoms with E-state index in [1.807, 2.05) is 24.3 Å². The summed E-state index contributed by atoms with van der Waals surface area (Å²) in [6.45, 7) is 5.51. The maximum Gasteiger partial charge on any atom is 0.258 e. The molecular formula is C17H24N2O2. The minimum Gasteiger partial charge on any atom is -0.484 e. The Morgan fingerprint density at radius 1 is 1.38 bits per heavy atom. The first kappa shape index (κ1) is 17.1. The molecule has 0 radical (unpaired) electrons. The van der Waals surface area contributed by atoms with Crippen molar-refractivity contribution in [2.45, 2.75) is 32.7 Å². The highest BCUT2D eigenvalue weighted by molar-refractivity contribution is 5.77. The Balaban J connectivity index is 2.33. The first-order valence-electron chi connectivity index (χ1n) is 7.31. The number of hydrogen-bond acceptors (Lipinski definition) is 3. The van der Waals surface area contributed by atoms with Gasteiger partial charge in [-0.3, -0.25) is 4.79 Å². The van der Waals surface area contributed by atoms with Crippen LogP contribution in [0.3, 0.4) is 0 Å². The number of terminal acetylenes is 1. The summed E-state index contributed by atoms with van der Waals surface area (Å²) in [7, 11) is 0. The van der Waals surface area contributed by atoms with Crippen LogP contribution in [0.2, 0.25) is 0 Å². The third kappa shape index (κ3) is 7.38. The second-order valence-electron chi connectivity index (χ2n) is 4.91. The van der Waals surface area contributed by atoms with Gasteiger partial charge >= 0.3 is 0 Å². The lowest BCUT2D eigenvalue weighted by atomic mass is 10.1. The van der Waals surface area contributed by atoms with Gasteiger partial charge in [0, 0.05) is 6.04 Å². The summed E-state index contributed by atoms with van der Waals surface area (Å²) >= 11 is 0. The van der Waals surface area contributed by atoms with Crippen LogP contribution < -0.4 is 15.4 Å². The quantitative estimate of drug-likeness (QED) is 0.681. The van der Waals surface area contributed by atoms with Crippen LogP contribution in [0.25, 0.3) is 0 Å². The van der Waals surface area contributed by atoms with Crippen LogP contribution in [0, 0.1) is 12.3 Å². The summed E-state index contributed by atoms with van der Waals surface area (Å²) in [6, 6.07) is 8.37. The number of amides is 1. The van der Waals surface area contributed by atoms with Crippen molar-refractivity contribution in [3.8, 4) is 18.1 Å². The lowest BCUT2D eigenvalue weighted by Crippen LogP contribution is -2.29. The zero-order valence-corrected chi connectivity index (χ0v) is 12.8. The number of rotatable bonds is 9. The first-order chi connectivity index (χ1) is 10.2. The van der Waals surface area contributed by atoms with E-state index >= 15 is 0 Å². The summed E-state index contributed by atoms with van der Waals surface area (Å²) in [5, 5.41) is 5.95. The molecule has 2 N–H and O–H groups in total. The topological polar surface area (TPSA) is 50.4 Å². The van der Waals surface area contributed by atoms with E-state index in [-0.39, 0.29) is 19.1 Å². The summed E-state index contributed by atoms with van der Waals surface area (Å²) in [4.78, 5) is 11.3. The first-order valence-corrected chi connectivity index (χ1v) is 7.31. The molecule has 1 atom stereocenters. The van der Waals surface area contributed by atoms with Crippen LogP contribution in [0.1, 0.15) is 25.8 Å². The van der Waals surface area contributed by atoms with Crippen molar-refractivity contribution in [1.29, 1.82) is 0 Å². The molecule has 114 valence electrons. The highest BCUT2D eigenvalue weighted by atomic mass is 16.5. The van der Waals surface area contributed by atoms with Gasteiger partial charge in [-0.2, -0.15) is 0 Å². The lowest BCUT2D eigenvalue weighted by molar-refractivity contribution is -0.122. The van der Waals surface area contributed by atoms with Gasteiger partial charge in [0.1, 0.15) is 5.75 Å². The third-order valence-corrected chi connectivity index (χ3v) is 3.10. The molecule has 0 spiro atoms. The maximum absolute atomic E-state index is 11.3. The highest BCUT2D eigenvalue weighted by Gasteiger charge is 2.03. The monoisotopic (exact) mass is 288 g/mol. The van der Waals surface area contributed by atoms with E-state index in [4.69, 9.17) is 11.2 Å². The molecule has 0 aliphatic carbocycles. The Hall–Kier alpha value is -1.99. The average Bonchev–Trinajstić information content (AvgIpc) is 2.50. The molecule has 0 saturated heterocycles. The van der Waals surface area contributed by atoms with Crippen molar-refractivity contribution in [2.75, 3.05) is 19.7 Å². The van der Waals surface area contributed by atoms with Crippen molar-refractivity contribution in [3.05, 3.63) is 29.8 Å². The van der Waals surface area contributed by atoms with Crippen LogP contribution in [-0.4, -0.2) is 31.6 Å². The molecule has 0 aromatic heterocycles. The zero-order chi connectivity index (χ0) is 15.5. The number of hydrogen-bond donors (Lipinski definition) is 2. The third-order valence-electron chi connectivity index (χ3n) is 3.10. The van der Waals surface area contributed by atoms with E-state index in [1.165, 1.54) is 5.56 Å². The second-order valence-corrected chi connectivity index (χ2v) is 4.91. The van der Waals surface area contributed by atoms with Gasteiger partial charge < -0.3 is 15.4 Å². The van der Waals surface area contributed by atoms with E-state index in [0.29, 0.717) is 11.8 Å². The van der Waals surface area contributed by atoms with E-state index in [1.54, 1.807) is 0 Å². The van der Waals surface area contributed by atoms with Crippen molar-refractivity contribution < 1.29 is 9.53 Å². The smallest absolute Gasteiger partial charge is 0.258 e. The number of ether oxygens (including phenoxy) is 1. The SMILES string of the molecule is C#CCNC(=O)COc1ccc(CCC(C)NCC)cc1. The summed E-state index contributed by atoms with van der Waals surface area (Å²) < 4.78 is 5.39. The van der Waals surface area contributed by atoms with Crippen LogP contribution in [0.5, 0.6) is 5.75 Å². The van der Waals surface area contributed by atoms with E-state index in [9.17, 15) is 4.79 Å². The summed E-state index contributed by atoms with van der Waals surface area (Å²) in [5.41, 5.74) is 1.27. The number of aryl methyl sites for hydroxylation is 1. The predicted octanol–water partition coefficient (Wildman–Crippen LogP) is 1.75. The number of benzene rings is 1. The van der Waals surface area contributed by atoms with Gasteiger partial charge in [-0.1, -0.05) is 25.0 Å². The molecule has 1 aromatic rings. The lowest BCUT2D eigenvalue weighted by Gasteiger charge is -2.12. The molecule has 0 heterocycles. The van der Waals surface area contributed by atoms with Crippen LogP contribution in [0.15, 0.2) is 24.3 Å². The van der Waals surface area contributed by atoms with Gasteiger partial charge in [0.2, 0.25) is 0 Å². The Labute approximate surface area is 127 Å². The molecule has 1 unspecified atom stereocenters. The second kappa shape index (κ2) is 9.84. The molecule has 21 heavy (non-hydrogen) atoms. The minimum absolute atomic E-state index is 0.0154. The van der Waals surface area contributed by atoms with E-state index in [0.717, 1.165) is 19.4 Å². The molecule has 0 fully saturated rings. The van der Waals surface area contributed by atoms with Crippen LogP contribution in [-0.2, 0) is 11.2 Å².